The van der Waals surface area contributed by atoms with Crippen molar-refractivity contribution in [3.63, 3.8) is 0 Å². The van der Waals surface area contributed by atoms with E-state index in [1.807, 2.05) is 0 Å². The molecule has 1 aliphatic carbocycles. The minimum Gasteiger partial charge on any atom is -0.373 e. The van der Waals surface area contributed by atoms with E-state index >= 15 is 0 Å². The zero-order chi connectivity index (χ0) is 14.6. The van der Waals surface area contributed by atoms with Crippen molar-refractivity contribution in [2.24, 2.45) is 5.41 Å². The number of hydrogen-bond acceptors (Lipinski definition) is 2. The second-order valence-electron chi connectivity index (χ2n) is 5.72. The molecule has 1 fully saturated rings. The molecule has 112 valence electrons. The van der Waals surface area contributed by atoms with Crippen LogP contribution in [0, 0.1) is 5.41 Å². The van der Waals surface area contributed by atoms with Gasteiger partial charge in [0.25, 0.3) is 0 Å². The zero-order valence-electron chi connectivity index (χ0n) is 12.8. The second-order valence-corrected chi connectivity index (χ2v) is 6.63. The molecule has 2 atom stereocenters. The average Bonchev–Trinajstić information content (AvgIpc) is 2.43. The molecule has 0 bridgehead atoms. The van der Waals surface area contributed by atoms with E-state index in [0.29, 0.717) is 24.2 Å². The average molecular weight is 340 g/mol. The van der Waals surface area contributed by atoms with Gasteiger partial charge in [-0.05, 0) is 43.5 Å². The predicted octanol–water partition coefficient (Wildman–Crippen LogP) is 4.52. The molecule has 1 aliphatic rings. The van der Waals surface area contributed by atoms with Crippen LogP contribution >= 0.6 is 15.9 Å². The molecular weight excluding hydrogens is 314 g/mol. The summed E-state index contributed by atoms with van der Waals surface area (Å²) in [6, 6.07) is 9.01. The van der Waals surface area contributed by atoms with Crippen molar-refractivity contribution < 1.29 is 4.74 Å². The van der Waals surface area contributed by atoms with Crippen molar-refractivity contribution >= 4 is 15.9 Å². The lowest BCUT2D eigenvalue weighted by Crippen LogP contribution is -2.63. The predicted molar refractivity (Wildman–Crippen MR) is 87.8 cm³/mol. The maximum atomic E-state index is 6.23. The van der Waals surface area contributed by atoms with Gasteiger partial charge in [-0.3, -0.25) is 0 Å². The Bertz CT molecular complexity index is 431. The van der Waals surface area contributed by atoms with E-state index in [0.717, 1.165) is 17.4 Å². The fraction of sp³-hybridized carbons (Fsp3) is 0.647. The summed E-state index contributed by atoms with van der Waals surface area (Å²) in [4.78, 5) is 0. The minimum atomic E-state index is 0.321. The summed E-state index contributed by atoms with van der Waals surface area (Å²) in [7, 11) is 0. The van der Waals surface area contributed by atoms with E-state index in [4.69, 9.17) is 4.74 Å². The van der Waals surface area contributed by atoms with Crippen molar-refractivity contribution in [2.75, 3.05) is 6.54 Å². The van der Waals surface area contributed by atoms with E-state index in [1.165, 1.54) is 18.4 Å². The minimum absolute atomic E-state index is 0.321. The van der Waals surface area contributed by atoms with Crippen LogP contribution in [0.4, 0.5) is 0 Å². The van der Waals surface area contributed by atoms with E-state index in [2.05, 4.69) is 66.3 Å². The molecule has 1 aromatic rings. The monoisotopic (exact) mass is 339 g/mol. The first-order chi connectivity index (χ1) is 9.66. The first kappa shape index (κ1) is 16.0. The highest BCUT2D eigenvalue weighted by Gasteiger charge is 2.52. The summed E-state index contributed by atoms with van der Waals surface area (Å²) in [6.45, 7) is 8.53. The zero-order valence-corrected chi connectivity index (χ0v) is 14.4. The van der Waals surface area contributed by atoms with Gasteiger partial charge in [0.05, 0.1) is 12.7 Å². The van der Waals surface area contributed by atoms with Gasteiger partial charge >= 0.3 is 0 Å². The number of benzene rings is 1. The number of halogens is 1. The highest BCUT2D eigenvalue weighted by atomic mass is 79.9. The van der Waals surface area contributed by atoms with Gasteiger partial charge < -0.3 is 10.1 Å². The Kier molecular flexibility index (Phi) is 5.65. The highest BCUT2D eigenvalue weighted by Crippen LogP contribution is 2.49. The summed E-state index contributed by atoms with van der Waals surface area (Å²) < 4.78 is 7.35. The van der Waals surface area contributed by atoms with Crippen LogP contribution in [-0.2, 0) is 11.3 Å². The maximum absolute atomic E-state index is 6.23. The molecule has 0 heterocycles. The largest absolute Gasteiger partial charge is 0.373 e. The maximum Gasteiger partial charge on any atom is 0.0721 e. The Hall–Kier alpha value is -0.380. The number of rotatable bonds is 7. The number of ether oxygens (including phenoxy) is 1. The van der Waals surface area contributed by atoms with Crippen molar-refractivity contribution in [2.45, 2.75) is 58.8 Å². The molecule has 0 aromatic heterocycles. The lowest BCUT2D eigenvalue weighted by atomic mass is 9.58. The van der Waals surface area contributed by atoms with Crippen molar-refractivity contribution in [3.05, 3.63) is 34.3 Å². The Labute approximate surface area is 131 Å². The van der Waals surface area contributed by atoms with Crippen LogP contribution in [0.3, 0.4) is 0 Å². The third-order valence-electron chi connectivity index (χ3n) is 4.89. The first-order valence-electron chi connectivity index (χ1n) is 7.75. The van der Waals surface area contributed by atoms with Crippen LogP contribution < -0.4 is 5.32 Å². The molecule has 1 aromatic carbocycles. The van der Waals surface area contributed by atoms with Gasteiger partial charge in [-0.1, -0.05) is 48.8 Å². The Morgan fingerprint density at radius 3 is 2.65 bits per heavy atom. The molecule has 1 saturated carbocycles. The number of hydrogen-bond donors (Lipinski definition) is 1. The Balaban J connectivity index is 1.96. The molecule has 0 saturated heterocycles. The highest BCUT2D eigenvalue weighted by molar-refractivity contribution is 9.10. The van der Waals surface area contributed by atoms with E-state index in [1.54, 1.807) is 0 Å². The summed E-state index contributed by atoms with van der Waals surface area (Å²) in [6.07, 6.45) is 3.90. The first-order valence-corrected chi connectivity index (χ1v) is 8.55. The molecule has 2 unspecified atom stereocenters. The topological polar surface area (TPSA) is 21.3 Å². The fourth-order valence-electron chi connectivity index (χ4n) is 3.54. The van der Waals surface area contributed by atoms with Gasteiger partial charge in [-0.15, -0.1) is 0 Å². The third kappa shape index (κ3) is 3.10. The van der Waals surface area contributed by atoms with Gasteiger partial charge in [0.1, 0.15) is 0 Å². The van der Waals surface area contributed by atoms with E-state index in [-0.39, 0.29) is 0 Å². The quantitative estimate of drug-likeness (QED) is 0.788. The molecule has 2 nitrogen and oxygen atoms in total. The normalized spacial score (nSPS) is 24.4. The molecule has 20 heavy (non-hydrogen) atoms. The molecular formula is C17H26BrNO. The van der Waals surface area contributed by atoms with Gasteiger partial charge in [-0.2, -0.15) is 0 Å². The van der Waals surface area contributed by atoms with Crippen LogP contribution in [0.5, 0.6) is 0 Å². The summed E-state index contributed by atoms with van der Waals surface area (Å²) in [5.74, 6) is 0. The molecule has 0 spiro atoms. The van der Waals surface area contributed by atoms with Gasteiger partial charge in [0.15, 0.2) is 0 Å². The van der Waals surface area contributed by atoms with Gasteiger partial charge in [0.2, 0.25) is 0 Å². The van der Waals surface area contributed by atoms with Crippen LogP contribution in [-0.4, -0.2) is 18.7 Å². The van der Waals surface area contributed by atoms with Crippen molar-refractivity contribution in [3.8, 4) is 0 Å². The Morgan fingerprint density at radius 2 is 2.05 bits per heavy atom. The number of nitrogens with one attached hydrogen (secondary N) is 1. The van der Waals surface area contributed by atoms with Crippen LogP contribution in [0.1, 0.15) is 45.6 Å². The SMILES string of the molecule is CCNC1CC(OCc2cccc(Br)c2)C1(CC)CC. The molecule has 2 rings (SSSR count). The smallest absolute Gasteiger partial charge is 0.0721 e. The van der Waals surface area contributed by atoms with Crippen molar-refractivity contribution in [1.29, 1.82) is 0 Å². The molecule has 3 heteroatoms. The lowest BCUT2D eigenvalue weighted by Gasteiger charge is -2.55. The summed E-state index contributed by atoms with van der Waals surface area (Å²) in [5, 5.41) is 3.62. The fourth-order valence-corrected chi connectivity index (χ4v) is 3.98. The van der Waals surface area contributed by atoms with Crippen LogP contribution in [0.25, 0.3) is 0 Å². The van der Waals surface area contributed by atoms with E-state index in [9.17, 15) is 0 Å². The van der Waals surface area contributed by atoms with E-state index < -0.39 is 0 Å². The second kappa shape index (κ2) is 7.06. The molecule has 0 radical (unpaired) electrons. The van der Waals surface area contributed by atoms with Gasteiger partial charge in [-0.25, -0.2) is 0 Å². The van der Waals surface area contributed by atoms with Crippen molar-refractivity contribution in [1.82, 2.24) is 5.32 Å². The summed E-state index contributed by atoms with van der Waals surface area (Å²) in [5.41, 5.74) is 1.56. The lowest BCUT2D eigenvalue weighted by molar-refractivity contribution is -0.146. The summed E-state index contributed by atoms with van der Waals surface area (Å²) >= 11 is 3.51. The standard InChI is InChI=1S/C17H26BrNO/c1-4-17(5-2)15(19-6-3)11-16(17)20-12-13-8-7-9-14(18)10-13/h7-10,15-16,19H,4-6,11-12H2,1-3H3. The van der Waals surface area contributed by atoms with Crippen LogP contribution in [0.2, 0.25) is 0 Å². The molecule has 0 aliphatic heterocycles. The molecule has 1 N–H and O–H groups in total. The third-order valence-corrected chi connectivity index (χ3v) is 5.39. The molecule has 0 amide bonds. The van der Waals surface area contributed by atoms with Crippen LogP contribution in [0.15, 0.2) is 28.7 Å². The van der Waals surface area contributed by atoms with Gasteiger partial charge in [0, 0.05) is 15.9 Å². The Morgan fingerprint density at radius 1 is 1.30 bits per heavy atom.